The number of carbonyl (C=O) groups is 1. The Morgan fingerprint density at radius 1 is 1.48 bits per heavy atom. The van der Waals surface area contributed by atoms with Gasteiger partial charge in [-0.05, 0) is 18.9 Å². The van der Waals surface area contributed by atoms with E-state index in [1.54, 1.807) is 0 Å². The van der Waals surface area contributed by atoms with Crippen molar-refractivity contribution in [1.82, 2.24) is 15.2 Å². The van der Waals surface area contributed by atoms with Gasteiger partial charge in [0.1, 0.15) is 5.82 Å². The zero-order valence-electron chi connectivity index (χ0n) is 10.7. The topological polar surface area (TPSA) is 114 Å². The van der Waals surface area contributed by atoms with E-state index in [2.05, 4.69) is 20.5 Å². The lowest BCUT2D eigenvalue weighted by Gasteiger charge is -2.04. The lowest BCUT2D eigenvalue weighted by Crippen LogP contribution is -2.14. The van der Waals surface area contributed by atoms with E-state index in [4.69, 9.17) is 11.6 Å². The van der Waals surface area contributed by atoms with Gasteiger partial charge in [0, 0.05) is 18.1 Å². The number of hydrogen-bond donors (Lipinski definition) is 2. The number of amides is 1. The second kappa shape index (κ2) is 5.13. The predicted octanol–water partition coefficient (Wildman–Crippen LogP) is 2.50. The van der Waals surface area contributed by atoms with Crippen LogP contribution >= 0.6 is 11.6 Å². The highest BCUT2D eigenvalue weighted by Gasteiger charge is 2.28. The molecule has 0 atom stereocenters. The van der Waals surface area contributed by atoms with Crippen molar-refractivity contribution in [3.05, 3.63) is 45.0 Å². The number of benzene rings is 1. The molecule has 0 spiro atoms. The van der Waals surface area contributed by atoms with Gasteiger partial charge in [0.05, 0.1) is 15.6 Å². The molecule has 0 unspecified atom stereocenters. The molecule has 8 nitrogen and oxygen atoms in total. The summed E-state index contributed by atoms with van der Waals surface area (Å²) in [6.45, 7) is 0. The standard InChI is InChI=1S/C12H10ClN5O3/c13-8-4-3-7(18(20)21)5-9(8)14-12(19)11-15-10(16-17-11)6-1-2-6/h3-6H,1-2H2,(H,14,19)(H,15,16,17). The molecule has 2 N–H and O–H groups in total. The van der Waals surface area contributed by atoms with Crippen molar-refractivity contribution in [1.29, 1.82) is 0 Å². The van der Waals surface area contributed by atoms with Crippen molar-refractivity contribution in [3.8, 4) is 0 Å². The van der Waals surface area contributed by atoms with Gasteiger partial charge in [0.25, 0.3) is 11.6 Å². The maximum Gasteiger partial charge on any atom is 0.295 e. The minimum atomic E-state index is -0.569. The molecule has 1 amide bonds. The summed E-state index contributed by atoms with van der Waals surface area (Å²) in [6, 6.07) is 3.80. The minimum absolute atomic E-state index is 0.0144. The molecule has 1 aromatic heterocycles. The Hall–Kier alpha value is -2.48. The van der Waals surface area contributed by atoms with Crippen molar-refractivity contribution in [3.63, 3.8) is 0 Å². The number of hydrogen-bond acceptors (Lipinski definition) is 5. The van der Waals surface area contributed by atoms with Crippen LogP contribution in [0.3, 0.4) is 0 Å². The number of H-pyrrole nitrogens is 1. The molecule has 1 heterocycles. The molecule has 9 heteroatoms. The summed E-state index contributed by atoms with van der Waals surface area (Å²) >= 11 is 5.91. The number of aromatic amines is 1. The largest absolute Gasteiger partial charge is 0.318 e. The second-order valence-electron chi connectivity index (χ2n) is 4.69. The number of anilines is 1. The predicted molar refractivity (Wildman–Crippen MR) is 74.4 cm³/mol. The summed E-state index contributed by atoms with van der Waals surface area (Å²) in [4.78, 5) is 26.3. The fourth-order valence-corrected chi connectivity index (χ4v) is 1.98. The van der Waals surface area contributed by atoms with Gasteiger partial charge in [-0.1, -0.05) is 11.6 Å². The van der Waals surface area contributed by atoms with Gasteiger partial charge in [-0.25, -0.2) is 4.98 Å². The first-order valence-electron chi connectivity index (χ1n) is 6.22. The summed E-state index contributed by atoms with van der Waals surface area (Å²) in [6.07, 6.45) is 2.07. The van der Waals surface area contributed by atoms with Crippen LogP contribution in [0.4, 0.5) is 11.4 Å². The minimum Gasteiger partial charge on any atom is -0.318 e. The van der Waals surface area contributed by atoms with Gasteiger partial charge in [0.15, 0.2) is 0 Å². The monoisotopic (exact) mass is 307 g/mol. The molecule has 0 saturated heterocycles. The lowest BCUT2D eigenvalue weighted by molar-refractivity contribution is -0.384. The van der Waals surface area contributed by atoms with Crippen LogP contribution in [-0.4, -0.2) is 26.0 Å². The third-order valence-electron chi connectivity index (χ3n) is 3.08. The van der Waals surface area contributed by atoms with Crippen molar-refractivity contribution in [2.24, 2.45) is 0 Å². The maximum absolute atomic E-state index is 12.0. The Morgan fingerprint density at radius 2 is 2.24 bits per heavy atom. The highest BCUT2D eigenvalue weighted by molar-refractivity contribution is 6.34. The molecule has 1 aliphatic rings. The molecule has 1 saturated carbocycles. The van der Waals surface area contributed by atoms with E-state index in [0.29, 0.717) is 11.7 Å². The van der Waals surface area contributed by atoms with Crippen LogP contribution in [0.5, 0.6) is 0 Å². The van der Waals surface area contributed by atoms with Gasteiger partial charge < -0.3 is 5.32 Å². The molecule has 0 radical (unpaired) electrons. The molecule has 1 aliphatic carbocycles. The summed E-state index contributed by atoms with van der Waals surface area (Å²) in [5.41, 5.74) is -0.0167. The SMILES string of the molecule is O=C(Nc1cc([N+](=O)[O-])ccc1Cl)c1n[nH]c(C2CC2)n1. The number of carbonyl (C=O) groups excluding carboxylic acids is 1. The fraction of sp³-hybridized carbons (Fsp3) is 0.250. The van der Waals surface area contributed by atoms with Crippen molar-refractivity contribution in [2.45, 2.75) is 18.8 Å². The van der Waals surface area contributed by atoms with E-state index in [1.165, 1.54) is 18.2 Å². The van der Waals surface area contributed by atoms with E-state index in [0.717, 1.165) is 12.8 Å². The smallest absolute Gasteiger partial charge is 0.295 e. The molecule has 0 bridgehead atoms. The van der Waals surface area contributed by atoms with Crippen LogP contribution in [0.25, 0.3) is 0 Å². The number of nitro benzene ring substituents is 1. The molecule has 21 heavy (non-hydrogen) atoms. The van der Waals surface area contributed by atoms with E-state index in [1.807, 2.05) is 0 Å². The molecule has 108 valence electrons. The van der Waals surface area contributed by atoms with Crippen LogP contribution < -0.4 is 5.32 Å². The lowest BCUT2D eigenvalue weighted by atomic mass is 10.2. The molecule has 1 aromatic carbocycles. The number of nitro groups is 1. The van der Waals surface area contributed by atoms with Gasteiger partial charge in [0.2, 0.25) is 5.82 Å². The maximum atomic E-state index is 12.0. The van der Waals surface area contributed by atoms with Crippen LogP contribution in [0.1, 0.15) is 35.2 Å². The highest BCUT2D eigenvalue weighted by atomic mass is 35.5. The molecular formula is C12H10ClN5O3. The molecule has 0 aliphatic heterocycles. The van der Waals surface area contributed by atoms with E-state index < -0.39 is 10.8 Å². The van der Waals surface area contributed by atoms with Crippen LogP contribution in [0.15, 0.2) is 18.2 Å². The molecule has 2 aromatic rings. The Kier molecular flexibility index (Phi) is 3.30. The van der Waals surface area contributed by atoms with Gasteiger partial charge in [-0.15, -0.1) is 5.10 Å². The average molecular weight is 308 g/mol. The number of nitrogens with one attached hydrogen (secondary N) is 2. The van der Waals surface area contributed by atoms with E-state index >= 15 is 0 Å². The number of nitrogens with zero attached hydrogens (tertiary/aromatic N) is 3. The van der Waals surface area contributed by atoms with Crippen molar-refractivity contribution in [2.75, 3.05) is 5.32 Å². The first-order chi connectivity index (χ1) is 10.0. The fourth-order valence-electron chi connectivity index (χ4n) is 1.82. The number of non-ortho nitro benzene ring substituents is 1. The quantitative estimate of drug-likeness (QED) is 0.665. The molecular weight excluding hydrogens is 298 g/mol. The Morgan fingerprint density at radius 3 is 2.90 bits per heavy atom. The summed E-state index contributed by atoms with van der Waals surface area (Å²) in [5.74, 6) is 0.450. The van der Waals surface area contributed by atoms with E-state index in [-0.39, 0.29) is 22.2 Å². The first-order valence-corrected chi connectivity index (χ1v) is 6.60. The van der Waals surface area contributed by atoms with Crippen LogP contribution in [0.2, 0.25) is 5.02 Å². The van der Waals surface area contributed by atoms with Crippen molar-refractivity contribution < 1.29 is 9.72 Å². The third-order valence-corrected chi connectivity index (χ3v) is 3.41. The van der Waals surface area contributed by atoms with Crippen molar-refractivity contribution >= 4 is 28.9 Å². The van der Waals surface area contributed by atoms with Gasteiger partial charge >= 0.3 is 0 Å². The molecule has 1 fully saturated rings. The average Bonchev–Trinajstić information content (AvgIpc) is 3.18. The third kappa shape index (κ3) is 2.84. The van der Waals surface area contributed by atoms with E-state index in [9.17, 15) is 14.9 Å². The van der Waals surface area contributed by atoms with Gasteiger partial charge in [-0.3, -0.25) is 20.0 Å². The summed E-state index contributed by atoms with van der Waals surface area (Å²) < 4.78 is 0. The Balaban J connectivity index is 1.79. The number of aromatic nitrogens is 3. The Labute approximate surface area is 123 Å². The van der Waals surface area contributed by atoms with Crippen LogP contribution in [-0.2, 0) is 0 Å². The first kappa shape index (κ1) is 13.5. The number of rotatable bonds is 4. The summed E-state index contributed by atoms with van der Waals surface area (Å²) in [5, 5.41) is 20.0. The second-order valence-corrected chi connectivity index (χ2v) is 5.10. The highest BCUT2D eigenvalue weighted by Crippen LogP contribution is 2.37. The zero-order valence-corrected chi connectivity index (χ0v) is 11.4. The molecule has 3 rings (SSSR count). The summed E-state index contributed by atoms with van der Waals surface area (Å²) in [7, 11) is 0. The van der Waals surface area contributed by atoms with Gasteiger partial charge in [-0.2, -0.15) is 0 Å². The number of halogens is 1. The van der Waals surface area contributed by atoms with Crippen LogP contribution in [0, 0.1) is 10.1 Å². The Bertz CT molecular complexity index is 725. The zero-order chi connectivity index (χ0) is 15.0. The normalized spacial score (nSPS) is 14.0.